The normalized spacial score (nSPS) is 16.8. The second-order valence-corrected chi connectivity index (χ2v) is 10.6. The highest BCUT2D eigenvalue weighted by Gasteiger charge is 2.33. The fourth-order valence-electron chi connectivity index (χ4n) is 5.23. The maximum atomic E-state index is 13.7. The van der Waals surface area contributed by atoms with Crippen LogP contribution in [0.15, 0.2) is 29.6 Å². The quantitative estimate of drug-likeness (QED) is 0.479. The van der Waals surface area contributed by atoms with E-state index in [4.69, 9.17) is 0 Å². The Morgan fingerprint density at radius 2 is 1.88 bits per heavy atom. The van der Waals surface area contributed by atoms with Gasteiger partial charge >= 0.3 is 0 Å². The standard InChI is InChI=1S/C27H38N4O2S/c1-4-29(5-2)15-9-8-10-21-13-16-30(17-14-21)18-25(32)31-24-12-7-6-11-23(24)28-27(33)22-19-34-20(3)26(22)31/h6-7,11-12,19,21H,4-5,8-10,13-18H2,1-3H3,(H,28,33). The largest absolute Gasteiger partial charge is 0.320 e. The lowest BCUT2D eigenvalue weighted by Crippen LogP contribution is -2.42. The molecule has 1 aromatic heterocycles. The van der Waals surface area contributed by atoms with Crippen LogP contribution in [0.5, 0.6) is 0 Å². The van der Waals surface area contributed by atoms with Crippen molar-refractivity contribution in [3.8, 4) is 0 Å². The Bertz CT molecular complexity index is 992. The van der Waals surface area contributed by atoms with Crippen molar-refractivity contribution in [2.75, 3.05) is 49.5 Å². The molecule has 0 spiro atoms. The van der Waals surface area contributed by atoms with Crippen molar-refractivity contribution >= 4 is 40.2 Å². The number of aryl methyl sites for hydroxylation is 1. The van der Waals surface area contributed by atoms with Gasteiger partial charge in [0.1, 0.15) is 0 Å². The van der Waals surface area contributed by atoms with E-state index in [0.29, 0.717) is 17.8 Å². The number of hydrogen-bond acceptors (Lipinski definition) is 5. The van der Waals surface area contributed by atoms with Gasteiger partial charge in [0.25, 0.3) is 5.91 Å². The van der Waals surface area contributed by atoms with Crippen LogP contribution < -0.4 is 10.2 Å². The van der Waals surface area contributed by atoms with Gasteiger partial charge in [-0.25, -0.2) is 0 Å². The smallest absolute Gasteiger partial charge is 0.258 e. The Hall–Kier alpha value is -2.22. The van der Waals surface area contributed by atoms with Crippen molar-refractivity contribution in [2.24, 2.45) is 5.92 Å². The molecule has 3 heterocycles. The Kier molecular flexibility index (Phi) is 8.40. The van der Waals surface area contributed by atoms with Crippen molar-refractivity contribution in [2.45, 2.75) is 52.9 Å². The molecular weight excluding hydrogens is 444 g/mol. The number of anilines is 3. The molecule has 2 amide bonds. The van der Waals surface area contributed by atoms with E-state index < -0.39 is 0 Å². The molecule has 0 atom stereocenters. The van der Waals surface area contributed by atoms with E-state index >= 15 is 0 Å². The predicted octanol–water partition coefficient (Wildman–Crippen LogP) is 5.51. The molecular formula is C27H38N4O2S. The first kappa shape index (κ1) is 24.9. The number of para-hydroxylation sites is 2. The van der Waals surface area contributed by atoms with Crippen LogP contribution in [0.3, 0.4) is 0 Å². The van der Waals surface area contributed by atoms with E-state index in [9.17, 15) is 9.59 Å². The van der Waals surface area contributed by atoms with Gasteiger partial charge in [0, 0.05) is 10.3 Å². The highest BCUT2D eigenvalue weighted by Crippen LogP contribution is 2.42. The molecule has 1 aromatic carbocycles. The van der Waals surface area contributed by atoms with Crippen LogP contribution in [0.25, 0.3) is 0 Å². The second-order valence-electron chi connectivity index (χ2n) is 9.50. The van der Waals surface area contributed by atoms with Gasteiger partial charge < -0.3 is 10.2 Å². The van der Waals surface area contributed by atoms with E-state index in [-0.39, 0.29) is 11.8 Å². The van der Waals surface area contributed by atoms with E-state index in [1.807, 2.05) is 36.6 Å². The molecule has 2 aliphatic heterocycles. The number of piperidine rings is 1. The summed E-state index contributed by atoms with van der Waals surface area (Å²) >= 11 is 1.52. The van der Waals surface area contributed by atoms with Gasteiger partial charge in [-0.15, -0.1) is 11.3 Å². The molecule has 1 fully saturated rings. The average molecular weight is 483 g/mol. The van der Waals surface area contributed by atoms with Gasteiger partial charge in [0.2, 0.25) is 5.91 Å². The van der Waals surface area contributed by atoms with Crippen LogP contribution in [0.1, 0.15) is 61.2 Å². The molecule has 1 saturated heterocycles. The van der Waals surface area contributed by atoms with Gasteiger partial charge in [0.05, 0.1) is 29.2 Å². The lowest BCUT2D eigenvalue weighted by atomic mass is 9.91. The van der Waals surface area contributed by atoms with E-state index in [1.165, 1.54) is 37.1 Å². The molecule has 0 saturated carbocycles. The molecule has 7 heteroatoms. The molecule has 0 radical (unpaired) electrons. The van der Waals surface area contributed by atoms with Crippen molar-refractivity contribution in [3.63, 3.8) is 0 Å². The third kappa shape index (κ3) is 5.53. The molecule has 0 bridgehead atoms. The third-order valence-electron chi connectivity index (χ3n) is 7.35. The summed E-state index contributed by atoms with van der Waals surface area (Å²) in [7, 11) is 0. The Balaban J connectivity index is 1.36. The molecule has 2 aromatic rings. The minimum absolute atomic E-state index is 0.0318. The Morgan fingerprint density at radius 1 is 1.15 bits per heavy atom. The van der Waals surface area contributed by atoms with Crippen LogP contribution in [0, 0.1) is 12.8 Å². The number of fused-ring (bicyclic) bond motifs is 2. The first-order chi connectivity index (χ1) is 16.5. The zero-order valence-electron chi connectivity index (χ0n) is 20.8. The Morgan fingerprint density at radius 3 is 2.62 bits per heavy atom. The number of rotatable bonds is 9. The average Bonchev–Trinajstić information content (AvgIpc) is 3.16. The highest BCUT2D eigenvalue weighted by atomic mass is 32.1. The number of nitrogens with one attached hydrogen (secondary N) is 1. The van der Waals surface area contributed by atoms with Crippen LogP contribution in [-0.4, -0.2) is 60.9 Å². The van der Waals surface area contributed by atoms with E-state index in [2.05, 4.69) is 29.0 Å². The number of unbranched alkanes of at least 4 members (excludes halogenated alkanes) is 1. The zero-order chi connectivity index (χ0) is 24.1. The van der Waals surface area contributed by atoms with Crippen molar-refractivity contribution in [1.82, 2.24) is 9.80 Å². The molecule has 6 nitrogen and oxygen atoms in total. The van der Waals surface area contributed by atoms with Gasteiger partial charge in [-0.1, -0.05) is 38.8 Å². The minimum Gasteiger partial charge on any atom is -0.320 e. The second kappa shape index (κ2) is 11.5. The van der Waals surface area contributed by atoms with Crippen molar-refractivity contribution in [3.05, 3.63) is 40.1 Å². The third-order valence-corrected chi connectivity index (χ3v) is 8.25. The minimum atomic E-state index is -0.149. The molecule has 184 valence electrons. The first-order valence-corrected chi connectivity index (χ1v) is 13.7. The first-order valence-electron chi connectivity index (χ1n) is 12.8. The molecule has 1 N–H and O–H groups in total. The lowest BCUT2D eigenvalue weighted by molar-refractivity contribution is -0.119. The number of thiophene rings is 1. The summed E-state index contributed by atoms with van der Waals surface area (Å²) in [5.41, 5.74) is 2.75. The summed E-state index contributed by atoms with van der Waals surface area (Å²) in [4.78, 5) is 34.0. The summed E-state index contributed by atoms with van der Waals surface area (Å²) < 4.78 is 0. The summed E-state index contributed by atoms with van der Waals surface area (Å²) in [6.45, 7) is 12.3. The summed E-state index contributed by atoms with van der Waals surface area (Å²) in [5, 5.41) is 4.84. The van der Waals surface area contributed by atoms with Crippen LogP contribution in [-0.2, 0) is 4.79 Å². The molecule has 34 heavy (non-hydrogen) atoms. The molecule has 4 rings (SSSR count). The summed E-state index contributed by atoms with van der Waals surface area (Å²) in [5.74, 6) is 0.655. The zero-order valence-corrected chi connectivity index (χ0v) is 21.6. The molecule has 0 unspecified atom stereocenters. The fourth-order valence-corrected chi connectivity index (χ4v) is 6.06. The Labute approximate surface area is 207 Å². The van der Waals surface area contributed by atoms with Gasteiger partial charge in [-0.3, -0.25) is 19.4 Å². The van der Waals surface area contributed by atoms with Crippen molar-refractivity contribution in [1.29, 1.82) is 0 Å². The fraction of sp³-hybridized carbons (Fsp3) is 0.556. The number of likely N-dealkylation sites (tertiary alicyclic amines) is 1. The maximum absolute atomic E-state index is 13.7. The topological polar surface area (TPSA) is 55.9 Å². The molecule has 2 aliphatic rings. The summed E-state index contributed by atoms with van der Waals surface area (Å²) in [6, 6.07) is 7.60. The van der Waals surface area contributed by atoms with E-state index in [0.717, 1.165) is 61.2 Å². The SMILES string of the molecule is CCN(CC)CCCCC1CCN(CC(=O)N2c3ccccc3NC(=O)c3csc(C)c32)CC1. The van der Waals surface area contributed by atoms with Gasteiger partial charge in [0.15, 0.2) is 0 Å². The summed E-state index contributed by atoms with van der Waals surface area (Å²) in [6.07, 6.45) is 6.21. The number of carbonyl (C=O) groups excluding carboxylic acids is 2. The van der Waals surface area contributed by atoms with Crippen LogP contribution >= 0.6 is 11.3 Å². The van der Waals surface area contributed by atoms with Gasteiger partial charge in [-0.05, 0) is 77.0 Å². The van der Waals surface area contributed by atoms with E-state index in [1.54, 1.807) is 4.90 Å². The monoisotopic (exact) mass is 482 g/mol. The predicted molar refractivity (Wildman–Crippen MR) is 141 cm³/mol. The number of nitrogens with zero attached hydrogens (tertiary/aromatic N) is 3. The molecule has 0 aliphatic carbocycles. The number of benzene rings is 1. The number of carbonyl (C=O) groups is 2. The lowest BCUT2D eigenvalue weighted by Gasteiger charge is -2.33. The number of amides is 2. The van der Waals surface area contributed by atoms with Crippen LogP contribution in [0.2, 0.25) is 0 Å². The maximum Gasteiger partial charge on any atom is 0.258 e. The van der Waals surface area contributed by atoms with Crippen LogP contribution in [0.4, 0.5) is 17.1 Å². The number of hydrogen-bond donors (Lipinski definition) is 1. The van der Waals surface area contributed by atoms with Crippen molar-refractivity contribution < 1.29 is 9.59 Å². The highest BCUT2D eigenvalue weighted by molar-refractivity contribution is 7.11. The van der Waals surface area contributed by atoms with Gasteiger partial charge in [-0.2, -0.15) is 0 Å².